The number of hydrogen-bond donors (Lipinski definition) is 1. The van der Waals surface area contributed by atoms with Gasteiger partial charge in [0.2, 0.25) is 0 Å². The molecule has 152 valence electrons. The van der Waals surface area contributed by atoms with E-state index in [9.17, 15) is 9.59 Å². The molecule has 6 heteroatoms. The zero-order valence-corrected chi connectivity index (χ0v) is 16.2. The minimum atomic E-state index is -0.545. The van der Waals surface area contributed by atoms with Gasteiger partial charge < -0.3 is 19.5 Å². The van der Waals surface area contributed by atoms with Crippen molar-refractivity contribution >= 4 is 11.9 Å². The van der Waals surface area contributed by atoms with Crippen molar-refractivity contribution in [3.63, 3.8) is 0 Å². The molecule has 0 aliphatic carbocycles. The number of hydrogen-bond acceptors (Lipinski definition) is 5. The third-order valence-electron chi connectivity index (χ3n) is 4.66. The molecule has 1 amide bonds. The van der Waals surface area contributed by atoms with E-state index in [0.29, 0.717) is 23.7 Å². The lowest BCUT2D eigenvalue weighted by Gasteiger charge is -2.26. The molecule has 3 aromatic carbocycles. The van der Waals surface area contributed by atoms with E-state index in [1.165, 1.54) is 0 Å². The third-order valence-corrected chi connectivity index (χ3v) is 4.66. The van der Waals surface area contributed by atoms with Crippen molar-refractivity contribution in [3.05, 3.63) is 84.4 Å². The molecule has 0 bridgehead atoms. The van der Waals surface area contributed by atoms with Gasteiger partial charge in [0.1, 0.15) is 12.7 Å². The summed E-state index contributed by atoms with van der Waals surface area (Å²) in [6, 6.07) is 24.3. The first-order valence-electron chi connectivity index (χ1n) is 9.67. The van der Waals surface area contributed by atoms with Crippen LogP contribution in [0.1, 0.15) is 10.4 Å². The fourth-order valence-electron chi connectivity index (χ4n) is 3.09. The summed E-state index contributed by atoms with van der Waals surface area (Å²) >= 11 is 0. The van der Waals surface area contributed by atoms with Gasteiger partial charge in [0.15, 0.2) is 18.1 Å². The van der Waals surface area contributed by atoms with Crippen molar-refractivity contribution in [2.24, 2.45) is 0 Å². The Kier molecular flexibility index (Phi) is 5.94. The summed E-state index contributed by atoms with van der Waals surface area (Å²) in [7, 11) is 0. The standard InChI is InChI=1S/C24H21NO5/c26-23(25-14-20-15-28-21-8-4-5-9-22(21)30-20)16-29-24(27)19-12-10-18(11-13-19)17-6-2-1-3-7-17/h1-13,20H,14-16H2,(H,25,26). The van der Waals surface area contributed by atoms with Crippen LogP contribution >= 0.6 is 0 Å². The van der Waals surface area contributed by atoms with Gasteiger partial charge >= 0.3 is 5.97 Å². The highest BCUT2D eigenvalue weighted by molar-refractivity contribution is 5.91. The van der Waals surface area contributed by atoms with Crippen LogP contribution < -0.4 is 14.8 Å². The quantitative estimate of drug-likeness (QED) is 0.638. The fourth-order valence-corrected chi connectivity index (χ4v) is 3.09. The topological polar surface area (TPSA) is 73.9 Å². The van der Waals surface area contributed by atoms with Crippen LogP contribution in [0.2, 0.25) is 0 Å². The zero-order valence-electron chi connectivity index (χ0n) is 16.2. The maximum absolute atomic E-state index is 12.2. The van der Waals surface area contributed by atoms with Crippen molar-refractivity contribution in [3.8, 4) is 22.6 Å². The third kappa shape index (κ3) is 4.78. The van der Waals surface area contributed by atoms with E-state index in [0.717, 1.165) is 11.1 Å². The van der Waals surface area contributed by atoms with E-state index >= 15 is 0 Å². The second-order valence-corrected chi connectivity index (χ2v) is 6.82. The smallest absolute Gasteiger partial charge is 0.338 e. The molecule has 1 atom stereocenters. The van der Waals surface area contributed by atoms with Gasteiger partial charge in [-0.3, -0.25) is 4.79 Å². The Morgan fingerprint density at radius 1 is 0.867 bits per heavy atom. The average molecular weight is 403 g/mol. The van der Waals surface area contributed by atoms with E-state index in [1.807, 2.05) is 66.7 Å². The Labute approximate surface area is 174 Å². The largest absolute Gasteiger partial charge is 0.486 e. The highest BCUT2D eigenvalue weighted by atomic mass is 16.6. The molecule has 0 radical (unpaired) electrons. The SMILES string of the molecule is O=C(COC(=O)c1ccc(-c2ccccc2)cc1)NCC1COc2ccccc2O1. The molecule has 0 aromatic heterocycles. The minimum Gasteiger partial charge on any atom is -0.486 e. The van der Waals surface area contributed by atoms with Gasteiger partial charge in [-0.15, -0.1) is 0 Å². The van der Waals surface area contributed by atoms with Crippen LogP contribution in [-0.4, -0.2) is 37.7 Å². The maximum Gasteiger partial charge on any atom is 0.338 e. The average Bonchev–Trinajstić information content (AvgIpc) is 2.81. The summed E-state index contributed by atoms with van der Waals surface area (Å²) in [6.07, 6.45) is -0.301. The first kappa shape index (κ1) is 19.5. The number of carbonyl (C=O) groups excluding carboxylic acids is 2. The van der Waals surface area contributed by atoms with Gasteiger partial charge in [-0.1, -0.05) is 54.6 Å². The molecule has 1 heterocycles. The van der Waals surface area contributed by atoms with Gasteiger partial charge in [-0.05, 0) is 35.4 Å². The number of esters is 1. The summed E-state index contributed by atoms with van der Waals surface area (Å²) < 4.78 is 16.5. The summed E-state index contributed by atoms with van der Waals surface area (Å²) in [5, 5.41) is 2.70. The van der Waals surface area contributed by atoms with Gasteiger partial charge in [0, 0.05) is 0 Å². The summed E-state index contributed by atoms with van der Waals surface area (Å²) in [6.45, 7) is 0.241. The van der Waals surface area contributed by atoms with Crippen LogP contribution in [0.3, 0.4) is 0 Å². The predicted molar refractivity (Wildman–Crippen MR) is 112 cm³/mol. The van der Waals surface area contributed by atoms with E-state index in [1.54, 1.807) is 12.1 Å². The number of benzene rings is 3. The molecule has 30 heavy (non-hydrogen) atoms. The summed E-state index contributed by atoms with van der Waals surface area (Å²) in [5.74, 6) is 0.392. The molecule has 1 aliphatic rings. The van der Waals surface area contributed by atoms with Crippen LogP contribution in [0.4, 0.5) is 0 Å². The lowest BCUT2D eigenvalue weighted by molar-refractivity contribution is -0.124. The molecular formula is C24H21NO5. The summed E-state index contributed by atoms with van der Waals surface area (Å²) in [4.78, 5) is 24.2. The molecule has 1 unspecified atom stereocenters. The number of carbonyl (C=O) groups is 2. The predicted octanol–water partition coefficient (Wildman–Crippen LogP) is 3.47. The van der Waals surface area contributed by atoms with Crippen molar-refractivity contribution < 1.29 is 23.8 Å². The molecule has 0 fully saturated rings. The second-order valence-electron chi connectivity index (χ2n) is 6.82. The molecule has 0 saturated carbocycles. The molecular weight excluding hydrogens is 382 g/mol. The number of nitrogens with one attached hydrogen (secondary N) is 1. The number of ether oxygens (including phenoxy) is 3. The van der Waals surface area contributed by atoms with Gasteiger partial charge in [0.25, 0.3) is 5.91 Å². The molecule has 0 spiro atoms. The Bertz CT molecular complexity index is 1020. The van der Waals surface area contributed by atoms with E-state index in [4.69, 9.17) is 14.2 Å². The highest BCUT2D eigenvalue weighted by Crippen LogP contribution is 2.30. The van der Waals surface area contributed by atoms with Gasteiger partial charge in [-0.25, -0.2) is 4.79 Å². The molecule has 6 nitrogen and oxygen atoms in total. The number of amides is 1. The van der Waals surface area contributed by atoms with Gasteiger partial charge in [0.05, 0.1) is 12.1 Å². The minimum absolute atomic E-state index is 0.260. The number of rotatable bonds is 6. The van der Waals surface area contributed by atoms with E-state index < -0.39 is 11.9 Å². The lowest BCUT2D eigenvalue weighted by Crippen LogP contribution is -2.42. The van der Waals surface area contributed by atoms with Crippen molar-refractivity contribution in [1.29, 1.82) is 0 Å². The maximum atomic E-state index is 12.2. The van der Waals surface area contributed by atoms with Crippen molar-refractivity contribution in [2.45, 2.75) is 6.10 Å². The van der Waals surface area contributed by atoms with Crippen LogP contribution in [0.5, 0.6) is 11.5 Å². The Hall–Kier alpha value is -3.80. The van der Waals surface area contributed by atoms with Crippen LogP contribution in [0.25, 0.3) is 11.1 Å². The summed E-state index contributed by atoms with van der Waals surface area (Å²) in [5.41, 5.74) is 2.46. The van der Waals surface area contributed by atoms with Crippen molar-refractivity contribution in [2.75, 3.05) is 19.8 Å². The fraction of sp³-hybridized carbons (Fsp3) is 0.167. The lowest BCUT2D eigenvalue weighted by atomic mass is 10.0. The molecule has 1 N–H and O–H groups in total. The van der Waals surface area contributed by atoms with Crippen molar-refractivity contribution in [1.82, 2.24) is 5.32 Å². The van der Waals surface area contributed by atoms with Gasteiger partial charge in [-0.2, -0.15) is 0 Å². The number of fused-ring (bicyclic) bond motifs is 1. The van der Waals surface area contributed by atoms with E-state index in [2.05, 4.69) is 5.32 Å². The monoisotopic (exact) mass is 403 g/mol. The Morgan fingerprint density at radius 2 is 1.53 bits per heavy atom. The number of para-hydroxylation sites is 2. The van der Waals surface area contributed by atoms with E-state index in [-0.39, 0.29) is 19.3 Å². The molecule has 3 aromatic rings. The second kappa shape index (κ2) is 9.13. The zero-order chi connectivity index (χ0) is 20.8. The normalized spacial score (nSPS) is 14.6. The van der Waals surface area contributed by atoms with Crippen LogP contribution in [-0.2, 0) is 9.53 Å². The molecule has 0 saturated heterocycles. The highest BCUT2D eigenvalue weighted by Gasteiger charge is 2.21. The first-order valence-corrected chi connectivity index (χ1v) is 9.67. The Morgan fingerprint density at radius 3 is 2.30 bits per heavy atom. The van der Waals surface area contributed by atoms with Crippen LogP contribution in [0.15, 0.2) is 78.9 Å². The van der Waals surface area contributed by atoms with Crippen LogP contribution in [0, 0.1) is 0 Å². The first-order chi connectivity index (χ1) is 14.7. The molecule has 1 aliphatic heterocycles. The Balaban J connectivity index is 1.23. The molecule has 4 rings (SSSR count).